The molecule has 0 saturated carbocycles. The van der Waals surface area contributed by atoms with Gasteiger partial charge in [0.25, 0.3) is 0 Å². The molecule has 3 rings (SSSR count). The van der Waals surface area contributed by atoms with Crippen LogP contribution in [0.1, 0.15) is 42.0 Å². The molecule has 0 aromatic heterocycles. The van der Waals surface area contributed by atoms with E-state index in [4.69, 9.17) is 11.6 Å². The van der Waals surface area contributed by atoms with Crippen molar-refractivity contribution in [2.24, 2.45) is 0 Å². The summed E-state index contributed by atoms with van der Waals surface area (Å²) in [6, 6.07) is 23.6. The summed E-state index contributed by atoms with van der Waals surface area (Å²) in [5, 5.41) is 0.484. The summed E-state index contributed by atoms with van der Waals surface area (Å²) < 4.78 is 33.6. The van der Waals surface area contributed by atoms with E-state index >= 15 is 0 Å². The SMILES string of the molecule is COC(=O)CCCc1ccc(C(CCc2ccccc2)NS(=O)(=O)c2ccc(Cl)cc2)cc1. The fraction of sp³-hybridized carbons (Fsp3) is 0.269. The molecule has 0 spiro atoms. The van der Waals surface area contributed by atoms with E-state index in [1.807, 2.05) is 54.6 Å². The number of sulfonamides is 1. The number of methoxy groups -OCH3 is 1. The van der Waals surface area contributed by atoms with Crippen molar-refractivity contribution in [1.29, 1.82) is 0 Å². The lowest BCUT2D eigenvalue weighted by Crippen LogP contribution is -2.29. The summed E-state index contributed by atoms with van der Waals surface area (Å²) in [5.41, 5.74) is 3.12. The minimum absolute atomic E-state index is 0.177. The normalized spacial score (nSPS) is 12.3. The van der Waals surface area contributed by atoms with E-state index < -0.39 is 16.1 Å². The maximum Gasteiger partial charge on any atom is 0.305 e. The fourth-order valence-corrected chi connectivity index (χ4v) is 4.96. The summed E-state index contributed by atoms with van der Waals surface area (Å²) in [5.74, 6) is -0.218. The monoisotopic (exact) mass is 485 g/mol. The molecule has 0 saturated heterocycles. The second-order valence-electron chi connectivity index (χ2n) is 7.82. The van der Waals surface area contributed by atoms with E-state index in [9.17, 15) is 13.2 Å². The first-order valence-electron chi connectivity index (χ1n) is 10.8. The molecule has 0 aliphatic heterocycles. The van der Waals surface area contributed by atoms with Gasteiger partial charge in [0.1, 0.15) is 0 Å². The maximum absolute atomic E-state index is 13.0. The first-order valence-corrected chi connectivity index (χ1v) is 12.7. The van der Waals surface area contributed by atoms with Crippen LogP contribution in [0.15, 0.2) is 83.8 Å². The number of carbonyl (C=O) groups excluding carboxylic acids is 1. The molecule has 7 heteroatoms. The molecule has 0 aliphatic carbocycles. The lowest BCUT2D eigenvalue weighted by molar-refractivity contribution is -0.140. The largest absolute Gasteiger partial charge is 0.469 e. The Morgan fingerprint density at radius 3 is 2.18 bits per heavy atom. The van der Waals surface area contributed by atoms with Crippen molar-refractivity contribution >= 4 is 27.6 Å². The van der Waals surface area contributed by atoms with Crippen LogP contribution in [-0.2, 0) is 32.4 Å². The zero-order valence-corrected chi connectivity index (χ0v) is 20.1. The van der Waals surface area contributed by atoms with Gasteiger partial charge >= 0.3 is 5.97 Å². The Balaban J connectivity index is 1.76. The van der Waals surface area contributed by atoms with E-state index in [2.05, 4.69) is 9.46 Å². The first kappa shape index (κ1) is 25.0. The molecule has 3 aromatic carbocycles. The highest BCUT2D eigenvalue weighted by Gasteiger charge is 2.21. The summed E-state index contributed by atoms with van der Waals surface area (Å²) in [7, 11) is -2.34. The number of hydrogen-bond donors (Lipinski definition) is 1. The van der Waals surface area contributed by atoms with Gasteiger partial charge in [-0.25, -0.2) is 13.1 Å². The van der Waals surface area contributed by atoms with Crippen LogP contribution < -0.4 is 4.72 Å². The Morgan fingerprint density at radius 1 is 0.909 bits per heavy atom. The van der Waals surface area contributed by atoms with Gasteiger partial charge in [0, 0.05) is 17.5 Å². The third-order valence-electron chi connectivity index (χ3n) is 5.44. The Morgan fingerprint density at radius 2 is 1.55 bits per heavy atom. The zero-order valence-electron chi connectivity index (χ0n) is 18.5. The Bertz CT molecular complexity index is 1130. The van der Waals surface area contributed by atoms with Crippen LogP contribution in [0, 0.1) is 0 Å². The minimum atomic E-state index is -3.73. The molecule has 0 aliphatic rings. The molecule has 3 aromatic rings. The minimum Gasteiger partial charge on any atom is -0.469 e. The van der Waals surface area contributed by atoms with Crippen molar-refractivity contribution in [2.45, 2.75) is 43.0 Å². The molecule has 174 valence electrons. The van der Waals surface area contributed by atoms with E-state index in [0.29, 0.717) is 24.3 Å². The van der Waals surface area contributed by atoms with E-state index in [1.165, 1.54) is 19.2 Å². The highest BCUT2D eigenvalue weighted by Crippen LogP contribution is 2.24. The molecule has 0 fully saturated rings. The van der Waals surface area contributed by atoms with Gasteiger partial charge in [0.05, 0.1) is 12.0 Å². The molecule has 0 heterocycles. The molecule has 1 unspecified atom stereocenters. The van der Waals surface area contributed by atoms with Gasteiger partial charge in [0.2, 0.25) is 10.0 Å². The summed E-state index contributed by atoms with van der Waals surface area (Å²) in [6.07, 6.45) is 3.17. The van der Waals surface area contributed by atoms with Gasteiger partial charge in [-0.3, -0.25) is 4.79 Å². The highest BCUT2D eigenvalue weighted by atomic mass is 35.5. The second kappa shape index (κ2) is 12.0. The van der Waals surface area contributed by atoms with Crippen molar-refractivity contribution in [3.05, 3.63) is 101 Å². The van der Waals surface area contributed by atoms with Crippen LogP contribution in [0.25, 0.3) is 0 Å². The number of ether oxygens (including phenoxy) is 1. The van der Waals surface area contributed by atoms with Crippen LogP contribution in [0.3, 0.4) is 0 Å². The summed E-state index contributed by atoms with van der Waals surface area (Å²) >= 11 is 5.92. The van der Waals surface area contributed by atoms with Crippen molar-refractivity contribution in [3.63, 3.8) is 0 Å². The molecule has 5 nitrogen and oxygen atoms in total. The molecule has 0 bridgehead atoms. The maximum atomic E-state index is 13.0. The lowest BCUT2D eigenvalue weighted by atomic mass is 9.98. The third-order valence-corrected chi connectivity index (χ3v) is 7.18. The summed E-state index contributed by atoms with van der Waals surface area (Å²) in [6.45, 7) is 0. The van der Waals surface area contributed by atoms with Gasteiger partial charge in [-0.1, -0.05) is 66.2 Å². The average Bonchev–Trinajstić information content (AvgIpc) is 2.83. The quantitative estimate of drug-likeness (QED) is 0.364. The number of carbonyl (C=O) groups is 1. The highest BCUT2D eigenvalue weighted by molar-refractivity contribution is 7.89. The topological polar surface area (TPSA) is 72.5 Å². The van der Waals surface area contributed by atoms with Crippen LogP contribution in [0.5, 0.6) is 0 Å². The zero-order chi connectivity index (χ0) is 23.7. The average molecular weight is 486 g/mol. The van der Waals surface area contributed by atoms with Crippen molar-refractivity contribution in [3.8, 4) is 0 Å². The van der Waals surface area contributed by atoms with E-state index in [0.717, 1.165) is 29.5 Å². The van der Waals surface area contributed by atoms with E-state index in [-0.39, 0.29) is 10.9 Å². The molecular formula is C26H28ClNO4S. The second-order valence-corrected chi connectivity index (χ2v) is 9.97. The molecular weight excluding hydrogens is 458 g/mol. The number of nitrogens with one attached hydrogen (secondary N) is 1. The molecule has 1 N–H and O–H groups in total. The van der Waals surface area contributed by atoms with Crippen molar-refractivity contribution < 1.29 is 17.9 Å². The van der Waals surface area contributed by atoms with Gasteiger partial charge in [-0.2, -0.15) is 0 Å². The smallest absolute Gasteiger partial charge is 0.305 e. The predicted octanol–water partition coefficient (Wildman–Crippen LogP) is 5.49. The van der Waals surface area contributed by atoms with Crippen LogP contribution in [-0.4, -0.2) is 21.5 Å². The van der Waals surface area contributed by atoms with Crippen molar-refractivity contribution in [2.75, 3.05) is 7.11 Å². The Kier molecular flexibility index (Phi) is 9.06. The predicted molar refractivity (Wildman–Crippen MR) is 131 cm³/mol. The standard InChI is InChI=1S/C26H28ClNO4S/c1-32-26(29)9-5-8-21-10-13-22(14-11-21)25(19-12-20-6-3-2-4-7-20)28-33(30,31)24-17-15-23(27)16-18-24/h2-4,6-7,10-11,13-18,25,28H,5,8-9,12,19H2,1H3. The molecule has 0 amide bonds. The fourth-order valence-electron chi connectivity index (χ4n) is 3.57. The van der Waals surface area contributed by atoms with Gasteiger partial charge in [-0.15, -0.1) is 0 Å². The number of halogens is 1. The van der Waals surface area contributed by atoms with Gasteiger partial charge < -0.3 is 4.74 Å². The van der Waals surface area contributed by atoms with Crippen LogP contribution in [0.2, 0.25) is 5.02 Å². The number of hydrogen-bond acceptors (Lipinski definition) is 4. The molecule has 0 radical (unpaired) electrons. The van der Waals surface area contributed by atoms with Crippen LogP contribution in [0.4, 0.5) is 0 Å². The third kappa shape index (κ3) is 7.70. The number of benzene rings is 3. The van der Waals surface area contributed by atoms with E-state index in [1.54, 1.807) is 12.1 Å². The Labute approximate surface area is 200 Å². The first-order chi connectivity index (χ1) is 15.9. The number of esters is 1. The van der Waals surface area contributed by atoms with Gasteiger partial charge in [-0.05, 0) is 66.6 Å². The van der Waals surface area contributed by atoms with Crippen molar-refractivity contribution in [1.82, 2.24) is 4.72 Å². The number of rotatable bonds is 11. The summed E-state index contributed by atoms with van der Waals surface area (Å²) in [4.78, 5) is 11.5. The number of aryl methyl sites for hydroxylation is 2. The molecule has 33 heavy (non-hydrogen) atoms. The lowest BCUT2D eigenvalue weighted by Gasteiger charge is -2.20. The van der Waals surface area contributed by atoms with Crippen LogP contribution >= 0.6 is 11.6 Å². The van der Waals surface area contributed by atoms with Gasteiger partial charge in [0.15, 0.2) is 0 Å². The molecule has 1 atom stereocenters. The Hall–Kier alpha value is -2.67.